The minimum absolute atomic E-state index is 0.0979. The fourth-order valence-electron chi connectivity index (χ4n) is 2.45. The van der Waals surface area contributed by atoms with Crippen LogP contribution in [0.25, 0.3) is 5.57 Å². The third kappa shape index (κ3) is 2.13. The summed E-state index contributed by atoms with van der Waals surface area (Å²) in [5.41, 5.74) is 2.65. The van der Waals surface area contributed by atoms with Crippen LogP contribution in [0.1, 0.15) is 12.0 Å². The van der Waals surface area contributed by atoms with E-state index in [1.807, 2.05) is 0 Å². The van der Waals surface area contributed by atoms with Gasteiger partial charge in [-0.15, -0.1) is 0 Å². The van der Waals surface area contributed by atoms with E-state index in [4.69, 9.17) is 4.74 Å². The minimum Gasteiger partial charge on any atom is -0.508 e. The standard InChI is InChI=1S/C16H13FO3/c17-12-3-1-10(2-4-12)16-11(8-18)9-20-15-6-5-13(19)7-14(15)16/h1-3,5-8,12,19H,4,9H2. The van der Waals surface area contributed by atoms with E-state index in [1.54, 1.807) is 24.3 Å². The molecular formula is C16H13FO3. The lowest BCUT2D eigenvalue weighted by Gasteiger charge is -2.24. The van der Waals surface area contributed by atoms with Gasteiger partial charge in [-0.3, -0.25) is 4.79 Å². The SMILES string of the molecule is O=CC1=C(C2=CCC(F)C=C2)c2cc(O)ccc2OC1. The van der Waals surface area contributed by atoms with Gasteiger partial charge in [-0.05, 0) is 29.8 Å². The van der Waals surface area contributed by atoms with Crippen LogP contribution in [0.4, 0.5) is 4.39 Å². The van der Waals surface area contributed by atoms with Crippen LogP contribution in [0.3, 0.4) is 0 Å². The fourth-order valence-corrected chi connectivity index (χ4v) is 2.45. The van der Waals surface area contributed by atoms with Crippen molar-refractivity contribution in [2.75, 3.05) is 6.61 Å². The summed E-state index contributed by atoms with van der Waals surface area (Å²) in [4.78, 5) is 11.2. The number of carbonyl (C=O) groups is 1. The number of allylic oxidation sites excluding steroid dienone is 5. The average Bonchev–Trinajstić information content (AvgIpc) is 2.47. The monoisotopic (exact) mass is 272 g/mol. The second kappa shape index (κ2) is 4.96. The maximum absolute atomic E-state index is 13.2. The van der Waals surface area contributed by atoms with Gasteiger partial charge in [0, 0.05) is 23.1 Å². The van der Waals surface area contributed by atoms with Crippen LogP contribution in [0, 0.1) is 0 Å². The molecule has 1 unspecified atom stereocenters. The van der Waals surface area contributed by atoms with E-state index in [0.29, 0.717) is 22.5 Å². The van der Waals surface area contributed by atoms with Crippen molar-refractivity contribution in [3.05, 3.63) is 53.1 Å². The van der Waals surface area contributed by atoms with Gasteiger partial charge in [-0.25, -0.2) is 4.39 Å². The number of aromatic hydroxyl groups is 1. The molecule has 2 aliphatic rings. The summed E-state index contributed by atoms with van der Waals surface area (Å²) in [6.45, 7) is 0.181. The number of alkyl halides is 1. The molecule has 4 heteroatoms. The molecule has 0 aromatic heterocycles. The lowest BCUT2D eigenvalue weighted by molar-refractivity contribution is -0.105. The Morgan fingerprint density at radius 2 is 2.25 bits per heavy atom. The van der Waals surface area contributed by atoms with Crippen molar-refractivity contribution in [2.24, 2.45) is 0 Å². The predicted molar refractivity (Wildman–Crippen MR) is 73.3 cm³/mol. The molecule has 1 aromatic carbocycles. The molecule has 1 aromatic rings. The van der Waals surface area contributed by atoms with Gasteiger partial charge in [0.1, 0.15) is 30.6 Å². The molecule has 1 aliphatic heterocycles. The molecule has 0 bridgehead atoms. The van der Waals surface area contributed by atoms with Gasteiger partial charge in [-0.1, -0.05) is 12.2 Å². The van der Waals surface area contributed by atoms with E-state index >= 15 is 0 Å². The van der Waals surface area contributed by atoms with Crippen LogP contribution >= 0.6 is 0 Å². The first-order valence-corrected chi connectivity index (χ1v) is 6.36. The smallest absolute Gasteiger partial charge is 0.150 e. The van der Waals surface area contributed by atoms with E-state index in [9.17, 15) is 14.3 Å². The van der Waals surface area contributed by atoms with Gasteiger partial charge >= 0.3 is 0 Å². The Kier molecular flexibility index (Phi) is 3.14. The summed E-state index contributed by atoms with van der Waals surface area (Å²) < 4.78 is 18.7. The number of aldehydes is 1. The summed E-state index contributed by atoms with van der Waals surface area (Å²) in [7, 11) is 0. The number of fused-ring (bicyclic) bond motifs is 1. The Hall–Kier alpha value is -2.36. The van der Waals surface area contributed by atoms with Gasteiger partial charge in [0.15, 0.2) is 0 Å². The molecule has 1 aliphatic carbocycles. The third-order valence-electron chi connectivity index (χ3n) is 3.42. The Bertz CT molecular complexity index is 656. The fraction of sp³-hybridized carbons (Fsp3) is 0.188. The van der Waals surface area contributed by atoms with Crippen LogP contribution in [0.15, 0.2) is 47.6 Å². The molecule has 1 heterocycles. The molecule has 3 nitrogen and oxygen atoms in total. The van der Waals surface area contributed by atoms with E-state index in [1.165, 1.54) is 12.1 Å². The van der Waals surface area contributed by atoms with Crippen molar-refractivity contribution in [3.63, 3.8) is 0 Å². The van der Waals surface area contributed by atoms with Crippen molar-refractivity contribution in [1.29, 1.82) is 0 Å². The number of hydrogen-bond acceptors (Lipinski definition) is 3. The summed E-state index contributed by atoms with van der Waals surface area (Å²) in [5.74, 6) is 0.709. The van der Waals surface area contributed by atoms with Crippen LogP contribution in [0.5, 0.6) is 11.5 Å². The zero-order valence-electron chi connectivity index (χ0n) is 10.7. The molecular weight excluding hydrogens is 259 g/mol. The number of ether oxygens (including phenoxy) is 1. The van der Waals surface area contributed by atoms with Crippen molar-refractivity contribution in [1.82, 2.24) is 0 Å². The number of benzene rings is 1. The van der Waals surface area contributed by atoms with Gasteiger partial charge in [-0.2, -0.15) is 0 Å². The predicted octanol–water partition coefficient (Wildman–Crippen LogP) is 2.96. The number of phenolic OH excluding ortho intramolecular Hbond substituents is 1. The molecule has 20 heavy (non-hydrogen) atoms. The zero-order chi connectivity index (χ0) is 14.1. The molecule has 0 radical (unpaired) electrons. The summed E-state index contributed by atoms with van der Waals surface area (Å²) in [5, 5.41) is 9.64. The Balaban J connectivity index is 2.15. The van der Waals surface area contributed by atoms with Crippen molar-refractivity contribution < 1.29 is 19.0 Å². The van der Waals surface area contributed by atoms with Gasteiger partial charge in [0.2, 0.25) is 0 Å². The number of phenols is 1. The van der Waals surface area contributed by atoms with Crippen molar-refractivity contribution in [2.45, 2.75) is 12.6 Å². The largest absolute Gasteiger partial charge is 0.508 e. The van der Waals surface area contributed by atoms with E-state index < -0.39 is 6.17 Å². The highest BCUT2D eigenvalue weighted by Gasteiger charge is 2.23. The van der Waals surface area contributed by atoms with Crippen LogP contribution in [0.2, 0.25) is 0 Å². The second-order valence-electron chi connectivity index (χ2n) is 4.76. The zero-order valence-corrected chi connectivity index (χ0v) is 10.7. The van der Waals surface area contributed by atoms with Gasteiger partial charge in [0.05, 0.1) is 0 Å². The van der Waals surface area contributed by atoms with Gasteiger partial charge in [0.25, 0.3) is 0 Å². The molecule has 0 saturated carbocycles. The lowest BCUT2D eigenvalue weighted by atomic mass is 9.88. The van der Waals surface area contributed by atoms with Gasteiger partial charge < -0.3 is 9.84 Å². The normalized spacial score (nSPS) is 21.1. The molecule has 0 fully saturated rings. The molecule has 3 rings (SSSR count). The Morgan fingerprint density at radius 3 is 2.95 bits per heavy atom. The first-order chi connectivity index (χ1) is 9.69. The average molecular weight is 272 g/mol. The summed E-state index contributed by atoms with van der Waals surface area (Å²) in [6.07, 6.45) is 4.97. The third-order valence-corrected chi connectivity index (χ3v) is 3.42. The topological polar surface area (TPSA) is 46.5 Å². The Morgan fingerprint density at radius 1 is 1.40 bits per heavy atom. The first-order valence-electron chi connectivity index (χ1n) is 6.36. The van der Waals surface area contributed by atoms with E-state index in [0.717, 1.165) is 11.9 Å². The van der Waals surface area contributed by atoms with E-state index in [-0.39, 0.29) is 18.8 Å². The highest BCUT2D eigenvalue weighted by molar-refractivity contribution is 5.98. The van der Waals surface area contributed by atoms with Crippen molar-refractivity contribution >= 4 is 11.9 Å². The molecule has 0 spiro atoms. The number of rotatable bonds is 2. The number of halogens is 1. The summed E-state index contributed by atoms with van der Waals surface area (Å²) in [6, 6.07) is 4.76. The van der Waals surface area contributed by atoms with Crippen LogP contribution in [-0.4, -0.2) is 24.2 Å². The highest BCUT2D eigenvalue weighted by atomic mass is 19.1. The first kappa shape index (κ1) is 12.7. The highest BCUT2D eigenvalue weighted by Crippen LogP contribution is 2.40. The molecule has 102 valence electrons. The molecule has 1 N–H and O–H groups in total. The lowest BCUT2D eigenvalue weighted by Crippen LogP contribution is -2.14. The minimum atomic E-state index is -0.984. The Labute approximate surface area is 115 Å². The van der Waals surface area contributed by atoms with Crippen LogP contribution in [-0.2, 0) is 4.79 Å². The van der Waals surface area contributed by atoms with Crippen LogP contribution < -0.4 is 4.74 Å². The summed E-state index contributed by atoms with van der Waals surface area (Å²) >= 11 is 0. The van der Waals surface area contributed by atoms with E-state index in [2.05, 4.69) is 0 Å². The number of hydrogen-bond donors (Lipinski definition) is 1. The molecule has 0 saturated heterocycles. The second-order valence-corrected chi connectivity index (χ2v) is 4.76. The molecule has 0 amide bonds. The van der Waals surface area contributed by atoms with Crippen molar-refractivity contribution in [3.8, 4) is 11.5 Å². The molecule has 1 atom stereocenters. The maximum Gasteiger partial charge on any atom is 0.150 e. The maximum atomic E-state index is 13.2. The number of carbonyl (C=O) groups excluding carboxylic acids is 1. The quantitative estimate of drug-likeness (QED) is 0.842.